The van der Waals surface area contributed by atoms with Gasteiger partial charge in [-0.3, -0.25) is 29.4 Å². The molecule has 0 spiro atoms. The summed E-state index contributed by atoms with van der Waals surface area (Å²) in [6.45, 7) is 10.2. The Hall–Kier alpha value is -3.96. The second-order valence-electron chi connectivity index (χ2n) is 16.4. The Labute approximate surface area is 519 Å². The Morgan fingerprint density at radius 3 is 1.62 bits per heavy atom. The summed E-state index contributed by atoms with van der Waals surface area (Å²) in [5, 5.41) is 15.0. The van der Waals surface area contributed by atoms with E-state index in [1.54, 1.807) is 43.0 Å². The van der Waals surface area contributed by atoms with Gasteiger partial charge in [0, 0.05) is 80.1 Å². The first-order chi connectivity index (χ1) is 38.1. The van der Waals surface area contributed by atoms with Gasteiger partial charge < -0.3 is 35.4 Å². The van der Waals surface area contributed by atoms with E-state index in [-0.39, 0.29) is 42.4 Å². The van der Waals surface area contributed by atoms with Crippen LogP contribution in [-0.4, -0.2) is 115 Å². The standard InChI is InChI=1S/C18H20Cl2N6O2.C11H14ClN5O2.C7H2BrCl2N.C7H7Cl2N.C6H4BrCl2N.CH4/c19-13-2-1-12(9-14(13)20)10-21-18-23-16-15(17(27)24-18)26(11-22-16)4-3-25-5-7-28-8-6-25;12-11-14-9-8(10(18)15-11)17(7-13-9)2-1-16-3-5-19-6-4-16;8-5-2-7(10)6(9)1-4(5)3-11;8-6-2-1-5(4-10)3-7(6)9;7-3-1-4(8)5(9)2-6(3)10;/h1-2,9,11H,3-8,10H2,(H2,21,23,24,27);7H,1-6H2,(H,14,15,18);1-2H;1-3H,4,10H2;1-2H,10H2;1H4/i1D;;;1D;;. The van der Waals surface area contributed by atoms with Gasteiger partial charge >= 0.3 is 0 Å². The number of H-pyrrole nitrogens is 2. The number of rotatable bonds is 10. The van der Waals surface area contributed by atoms with Gasteiger partial charge in [0.25, 0.3) is 11.1 Å². The molecule has 10 rings (SSSR count). The fourth-order valence-corrected chi connectivity index (χ4v) is 9.50. The molecule has 79 heavy (non-hydrogen) atoms. The smallest absolute Gasteiger partial charge is 0.278 e. The summed E-state index contributed by atoms with van der Waals surface area (Å²) in [7, 11) is 0. The van der Waals surface area contributed by atoms with Crippen LogP contribution in [0.2, 0.25) is 45.5 Å². The van der Waals surface area contributed by atoms with Crippen LogP contribution in [0.4, 0.5) is 11.6 Å². The SMILES string of the molecule is C.N#Cc1cc(Cl)c(Cl)cc1Br.Nc1cc(Cl)c(Cl)cc1Br.O=c1[nH]c(Cl)nc2ncn(CCN3CCOCC3)c12.[2H]c1cc(Cl)c(Cl)cc1CN.[2H]c1cc(Cl)c(Cl)cc1CNc1nc2ncn(CCN3CCOCC3)c2c(=O)[nH]1. The van der Waals surface area contributed by atoms with Crippen LogP contribution in [0.5, 0.6) is 0 Å². The van der Waals surface area contributed by atoms with E-state index in [2.05, 4.69) is 76.9 Å². The first kappa shape index (κ1) is 62.6. The van der Waals surface area contributed by atoms with Crippen molar-refractivity contribution in [1.29, 1.82) is 5.26 Å². The third-order valence-electron chi connectivity index (χ3n) is 11.1. The molecule has 29 heteroatoms. The molecule has 6 heterocycles. The van der Waals surface area contributed by atoms with Crippen LogP contribution in [0.1, 0.15) is 26.9 Å². The average molecular weight is 1390 g/mol. The Balaban J connectivity index is 0.000000200. The lowest BCUT2D eigenvalue weighted by atomic mass is 10.2. The number of nitrogen functional groups attached to an aromatic ring is 1. The molecule has 7 N–H and O–H groups in total. The number of anilines is 2. The van der Waals surface area contributed by atoms with Gasteiger partial charge in [-0.2, -0.15) is 15.2 Å². The minimum Gasteiger partial charge on any atom is -0.398 e. The minimum atomic E-state index is -0.266. The van der Waals surface area contributed by atoms with E-state index in [4.69, 9.17) is 133 Å². The fourth-order valence-electron chi connectivity index (χ4n) is 7.04. The first-order valence-electron chi connectivity index (χ1n) is 24.1. The molecule has 8 aromatic rings. The maximum atomic E-state index is 12.6. The number of nitrogens with zero attached hydrogens (tertiary/aromatic N) is 9. The van der Waals surface area contributed by atoms with Crippen molar-refractivity contribution in [3.8, 4) is 6.07 Å². The lowest BCUT2D eigenvalue weighted by Gasteiger charge is -2.26. The van der Waals surface area contributed by atoms with Gasteiger partial charge in [0.05, 0.1) is 87.6 Å². The van der Waals surface area contributed by atoms with Crippen LogP contribution >= 0.6 is 136 Å². The van der Waals surface area contributed by atoms with Crippen molar-refractivity contribution in [2.24, 2.45) is 5.73 Å². The number of aromatic amines is 2. The normalized spacial score (nSPS) is 13.7. The molecular weight excluding hydrogens is 1340 g/mol. The summed E-state index contributed by atoms with van der Waals surface area (Å²) in [6.07, 6.45) is 3.27. The molecule has 422 valence electrons. The first-order valence-corrected chi connectivity index (χ1v) is 28.1. The van der Waals surface area contributed by atoms with Crippen LogP contribution in [0.25, 0.3) is 22.3 Å². The zero-order valence-electron chi connectivity index (χ0n) is 42.6. The Kier molecular flexibility index (Phi) is 25.9. The quantitative estimate of drug-likeness (QED) is 0.0486. The summed E-state index contributed by atoms with van der Waals surface area (Å²) in [5.41, 5.74) is 14.4. The van der Waals surface area contributed by atoms with E-state index in [0.29, 0.717) is 115 Å². The zero-order chi connectivity index (χ0) is 58.2. The highest BCUT2D eigenvalue weighted by atomic mass is 79.9. The third kappa shape index (κ3) is 19.9. The average Bonchev–Trinajstić information content (AvgIpc) is 4.28. The van der Waals surface area contributed by atoms with E-state index >= 15 is 0 Å². The van der Waals surface area contributed by atoms with Gasteiger partial charge in [-0.25, -0.2) is 9.97 Å². The summed E-state index contributed by atoms with van der Waals surface area (Å²) < 4.78 is 31.1. The molecule has 2 saturated heterocycles. The van der Waals surface area contributed by atoms with E-state index < -0.39 is 0 Å². The predicted octanol–water partition coefficient (Wildman–Crippen LogP) is 12.5. The van der Waals surface area contributed by atoms with Gasteiger partial charge in [0.1, 0.15) is 6.07 Å². The topological polar surface area (TPSA) is 240 Å². The van der Waals surface area contributed by atoms with Crippen molar-refractivity contribution in [2.45, 2.75) is 33.6 Å². The predicted molar refractivity (Wildman–Crippen MR) is 328 cm³/mol. The summed E-state index contributed by atoms with van der Waals surface area (Å²) in [6, 6.07) is 15.2. The Bertz CT molecular complexity index is 3540. The van der Waals surface area contributed by atoms with Gasteiger partial charge in [0.15, 0.2) is 22.3 Å². The molecule has 0 aliphatic carbocycles. The van der Waals surface area contributed by atoms with E-state index in [9.17, 15) is 9.59 Å². The van der Waals surface area contributed by atoms with Gasteiger partial charge in [-0.15, -0.1) is 0 Å². The number of hydrogen-bond acceptors (Lipinski definition) is 14. The van der Waals surface area contributed by atoms with E-state index in [1.807, 2.05) is 15.2 Å². The van der Waals surface area contributed by atoms with E-state index in [0.717, 1.165) is 70.2 Å². The molecule has 4 aromatic heterocycles. The number of hydrogen-bond donors (Lipinski definition) is 5. The lowest BCUT2D eigenvalue weighted by molar-refractivity contribution is 0.0364. The van der Waals surface area contributed by atoms with Crippen LogP contribution < -0.4 is 27.9 Å². The molecule has 0 unspecified atom stereocenters. The van der Waals surface area contributed by atoms with Crippen molar-refractivity contribution < 1.29 is 12.2 Å². The van der Waals surface area contributed by atoms with Crippen molar-refractivity contribution in [3.63, 3.8) is 0 Å². The second kappa shape index (κ2) is 32.6. The Morgan fingerprint density at radius 2 is 1.10 bits per heavy atom. The summed E-state index contributed by atoms with van der Waals surface area (Å²) in [5.74, 6) is 0.284. The number of ether oxygens (including phenoxy) is 2. The third-order valence-corrected chi connectivity index (χ3v) is 15.5. The highest BCUT2D eigenvalue weighted by molar-refractivity contribution is 9.11. The van der Waals surface area contributed by atoms with Crippen LogP contribution in [0.15, 0.2) is 91.8 Å². The van der Waals surface area contributed by atoms with Crippen molar-refractivity contribution in [1.82, 2.24) is 48.8 Å². The maximum absolute atomic E-state index is 12.6. The number of nitrogens with one attached hydrogen (secondary N) is 3. The lowest BCUT2D eigenvalue weighted by Crippen LogP contribution is -2.38. The highest BCUT2D eigenvalue weighted by Gasteiger charge is 2.16. The molecule has 0 amide bonds. The van der Waals surface area contributed by atoms with E-state index in [1.165, 1.54) is 18.2 Å². The summed E-state index contributed by atoms with van der Waals surface area (Å²) >= 11 is 58.0. The molecule has 0 radical (unpaired) electrons. The summed E-state index contributed by atoms with van der Waals surface area (Å²) in [4.78, 5) is 51.0. The van der Waals surface area contributed by atoms with Gasteiger partial charge in [-0.05, 0) is 103 Å². The Morgan fingerprint density at radius 1 is 0.646 bits per heavy atom. The number of nitriles is 1. The number of halogens is 11. The van der Waals surface area contributed by atoms with Gasteiger partial charge in [-0.1, -0.05) is 112 Å². The largest absolute Gasteiger partial charge is 0.398 e. The molecule has 2 fully saturated rings. The molecule has 0 saturated carbocycles. The fraction of sp³-hybridized carbons (Fsp3) is 0.300. The number of benzene rings is 4. The zero-order valence-corrected chi connectivity index (χ0v) is 50.6. The van der Waals surface area contributed by atoms with Crippen LogP contribution in [-0.2, 0) is 35.7 Å². The highest BCUT2D eigenvalue weighted by Crippen LogP contribution is 2.31. The molecule has 2 aliphatic heterocycles. The maximum Gasteiger partial charge on any atom is 0.278 e. The monoisotopic (exact) mass is 1390 g/mol. The van der Waals surface area contributed by atoms with Crippen molar-refractivity contribution >= 4 is 170 Å². The molecule has 4 aromatic carbocycles. The van der Waals surface area contributed by atoms with Crippen LogP contribution in [0.3, 0.4) is 0 Å². The number of fused-ring (bicyclic) bond motifs is 2. The molecule has 0 atom stereocenters. The minimum absolute atomic E-state index is 0. The number of morpholine rings is 2. The second-order valence-corrected chi connectivity index (χ2v) is 21.7. The molecule has 0 bridgehead atoms. The van der Waals surface area contributed by atoms with Crippen molar-refractivity contribution in [3.05, 3.63) is 165 Å². The molecule has 18 nitrogen and oxygen atoms in total. The van der Waals surface area contributed by atoms with Crippen LogP contribution in [0, 0.1) is 11.3 Å². The number of nitrogens with two attached hydrogens (primary N) is 2. The van der Waals surface area contributed by atoms with Crippen molar-refractivity contribution in [2.75, 3.05) is 76.7 Å². The van der Waals surface area contributed by atoms with Gasteiger partial charge in [0.2, 0.25) is 11.2 Å². The molecular formula is C50H51Br2Cl9N14O4. The number of aromatic nitrogens is 8. The number of imidazole rings is 2. The molecule has 2 aliphatic rings.